The van der Waals surface area contributed by atoms with Crippen LogP contribution in [-0.2, 0) is 0 Å². The molecule has 0 aliphatic carbocycles. The Morgan fingerprint density at radius 3 is 2.57 bits per heavy atom. The largest absolute Gasteiger partial charge is 0.393 e. The molecule has 0 heterocycles. The van der Waals surface area contributed by atoms with Crippen LogP contribution in [0.3, 0.4) is 0 Å². The van der Waals surface area contributed by atoms with Crippen LogP contribution in [0.5, 0.6) is 0 Å². The normalized spacial score (nSPS) is 17.5. The third kappa shape index (κ3) is 4.49. The summed E-state index contributed by atoms with van der Waals surface area (Å²) in [5.74, 6) is 0. The van der Waals surface area contributed by atoms with Crippen molar-refractivity contribution in [2.75, 3.05) is 6.54 Å². The van der Waals surface area contributed by atoms with Gasteiger partial charge in [-0.05, 0) is 32.7 Å². The maximum absolute atomic E-state index is 9.73. The summed E-state index contributed by atoms with van der Waals surface area (Å²) in [5.41, 5.74) is 6.52. The molecule has 2 nitrogen and oxygen atoms in total. The minimum Gasteiger partial charge on any atom is -0.393 e. The van der Waals surface area contributed by atoms with Crippen LogP contribution in [0.15, 0.2) is 12.2 Å². The highest BCUT2D eigenvalue weighted by atomic mass is 32.1. The summed E-state index contributed by atoms with van der Waals surface area (Å²) in [6, 6.07) is 0. The molecule has 84 valence electrons. The Balaban J connectivity index is 4.28. The van der Waals surface area contributed by atoms with Crippen LogP contribution in [0.25, 0.3) is 0 Å². The third-order valence-electron chi connectivity index (χ3n) is 2.55. The predicted octanol–water partition coefficient (Wildman–Crippen LogP) is 2.13. The van der Waals surface area contributed by atoms with Gasteiger partial charge in [-0.1, -0.05) is 25.5 Å². The van der Waals surface area contributed by atoms with Crippen LogP contribution in [0.1, 0.15) is 39.5 Å². The molecule has 0 unspecified atom stereocenters. The van der Waals surface area contributed by atoms with Gasteiger partial charge in [-0.25, -0.2) is 0 Å². The van der Waals surface area contributed by atoms with Crippen molar-refractivity contribution in [1.82, 2.24) is 0 Å². The van der Waals surface area contributed by atoms with Gasteiger partial charge in [0.25, 0.3) is 0 Å². The van der Waals surface area contributed by atoms with Crippen LogP contribution in [-0.4, -0.2) is 22.5 Å². The lowest BCUT2D eigenvalue weighted by Crippen LogP contribution is -2.31. The zero-order chi connectivity index (χ0) is 11.2. The topological polar surface area (TPSA) is 46.2 Å². The Bertz CT molecular complexity index is 184. The Kier molecular flexibility index (Phi) is 6.49. The number of rotatable bonds is 7. The van der Waals surface area contributed by atoms with Crippen molar-refractivity contribution in [3.8, 4) is 0 Å². The highest BCUT2D eigenvalue weighted by Crippen LogP contribution is 2.32. The van der Waals surface area contributed by atoms with E-state index in [1.807, 2.05) is 6.92 Å². The van der Waals surface area contributed by atoms with Crippen LogP contribution < -0.4 is 5.73 Å². The highest BCUT2D eigenvalue weighted by molar-refractivity contribution is 7.82. The van der Waals surface area contributed by atoms with Crippen molar-refractivity contribution in [3.63, 3.8) is 0 Å². The third-order valence-corrected chi connectivity index (χ3v) is 3.34. The Morgan fingerprint density at radius 2 is 2.21 bits per heavy atom. The second kappa shape index (κ2) is 6.49. The number of hydrogen-bond acceptors (Lipinski definition) is 3. The summed E-state index contributed by atoms with van der Waals surface area (Å²) in [7, 11) is 0. The molecule has 0 aromatic carbocycles. The molecule has 0 bridgehead atoms. The first-order valence-corrected chi connectivity index (χ1v) is 5.67. The van der Waals surface area contributed by atoms with Crippen LogP contribution >= 0.6 is 12.6 Å². The molecule has 0 aliphatic heterocycles. The minimum absolute atomic E-state index is 0.291. The van der Waals surface area contributed by atoms with Crippen molar-refractivity contribution >= 4 is 12.6 Å². The van der Waals surface area contributed by atoms with E-state index in [2.05, 4.69) is 26.1 Å². The van der Waals surface area contributed by atoms with E-state index in [0.717, 1.165) is 24.8 Å². The minimum atomic E-state index is -0.302. The molecule has 14 heavy (non-hydrogen) atoms. The van der Waals surface area contributed by atoms with Gasteiger partial charge in [-0.15, -0.1) is 0 Å². The van der Waals surface area contributed by atoms with E-state index >= 15 is 0 Å². The van der Waals surface area contributed by atoms with E-state index in [4.69, 9.17) is 5.73 Å². The Labute approximate surface area is 93.0 Å². The number of aliphatic hydroxyl groups excluding tert-OH is 1. The van der Waals surface area contributed by atoms with E-state index in [-0.39, 0.29) is 10.9 Å². The molecule has 0 aromatic heterocycles. The molecule has 0 fully saturated rings. The fourth-order valence-corrected chi connectivity index (χ4v) is 1.89. The first kappa shape index (κ1) is 14.0. The number of thiol groups is 1. The van der Waals surface area contributed by atoms with Crippen molar-refractivity contribution < 1.29 is 5.11 Å². The zero-order valence-corrected chi connectivity index (χ0v) is 10.2. The van der Waals surface area contributed by atoms with E-state index in [0.29, 0.717) is 13.0 Å². The van der Waals surface area contributed by atoms with Crippen molar-refractivity contribution in [1.29, 1.82) is 0 Å². The molecule has 0 amide bonds. The first-order chi connectivity index (χ1) is 6.46. The lowest BCUT2D eigenvalue weighted by atomic mass is 9.89. The number of nitrogens with two attached hydrogens (primary N) is 1. The molecular formula is C11H23NOS. The Morgan fingerprint density at radius 1 is 1.64 bits per heavy atom. The van der Waals surface area contributed by atoms with Gasteiger partial charge in [-0.2, -0.15) is 12.6 Å². The van der Waals surface area contributed by atoms with E-state index < -0.39 is 0 Å². The first-order valence-electron chi connectivity index (χ1n) is 5.22. The molecule has 0 saturated carbocycles. The van der Waals surface area contributed by atoms with Gasteiger partial charge in [0.15, 0.2) is 0 Å². The molecule has 3 N–H and O–H groups in total. The smallest absolute Gasteiger partial charge is 0.0556 e. The summed E-state index contributed by atoms with van der Waals surface area (Å²) >= 11 is 4.59. The molecule has 0 aliphatic rings. The summed E-state index contributed by atoms with van der Waals surface area (Å²) in [6.45, 7) is 8.50. The van der Waals surface area contributed by atoms with Gasteiger partial charge in [-0.3, -0.25) is 0 Å². The average molecular weight is 217 g/mol. The molecule has 0 spiro atoms. The summed E-state index contributed by atoms with van der Waals surface area (Å²) in [5, 5.41) is 9.73. The quantitative estimate of drug-likeness (QED) is 0.452. The number of hydrogen-bond donors (Lipinski definition) is 3. The summed E-state index contributed by atoms with van der Waals surface area (Å²) in [4.78, 5) is 0. The van der Waals surface area contributed by atoms with Gasteiger partial charge in [0, 0.05) is 4.75 Å². The van der Waals surface area contributed by atoms with Crippen LogP contribution in [0.4, 0.5) is 0 Å². The lowest BCUT2D eigenvalue weighted by molar-refractivity contribution is 0.143. The SMILES string of the molecule is C=C(C)[C@@](S)(CCN)C[C@H](O)CCC. The van der Waals surface area contributed by atoms with E-state index in [1.54, 1.807) is 0 Å². The molecule has 0 aromatic rings. The molecule has 0 saturated heterocycles. The highest BCUT2D eigenvalue weighted by Gasteiger charge is 2.28. The van der Waals surface area contributed by atoms with E-state index in [9.17, 15) is 5.11 Å². The monoisotopic (exact) mass is 217 g/mol. The van der Waals surface area contributed by atoms with Crippen molar-refractivity contribution in [2.24, 2.45) is 5.73 Å². The zero-order valence-electron chi connectivity index (χ0n) is 9.29. The standard InChI is InChI=1S/C11H23NOS/c1-4-5-10(13)8-11(14,6-7-12)9(2)3/h10,13-14H,2,4-8,12H2,1,3H3/t10-,11-/m1/s1. The maximum Gasteiger partial charge on any atom is 0.0556 e. The molecule has 0 radical (unpaired) electrons. The maximum atomic E-state index is 9.73. The van der Waals surface area contributed by atoms with Gasteiger partial charge < -0.3 is 10.8 Å². The molecule has 3 heteroatoms. The summed E-state index contributed by atoms with van der Waals surface area (Å²) in [6.07, 6.45) is 2.94. The predicted molar refractivity (Wildman–Crippen MR) is 65.7 cm³/mol. The van der Waals surface area contributed by atoms with Crippen LogP contribution in [0, 0.1) is 0 Å². The second-order valence-electron chi connectivity index (χ2n) is 4.00. The fraction of sp³-hybridized carbons (Fsp3) is 0.818. The molecular weight excluding hydrogens is 194 g/mol. The molecule has 0 rings (SSSR count). The van der Waals surface area contributed by atoms with Crippen LogP contribution in [0.2, 0.25) is 0 Å². The van der Waals surface area contributed by atoms with Gasteiger partial charge in [0.2, 0.25) is 0 Å². The van der Waals surface area contributed by atoms with Gasteiger partial charge >= 0.3 is 0 Å². The van der Waals surface area contributed by atoms with Crippen molar-refractivity contribution in [2.45, 2.75) is 50.4 Å². The molecule has 2 atom stereocenters. The van der Waals surface area contributed by atoms with Gasteiger partial charge in [0.05, 0.1) is 6.10 Å². The Hall–Kier alpha value is 0.01000. The summed E-state index contributed by atoms with van der Waals surface area (Å²) < 4.78 is -0.302. The fourth-order valence-electron chi connectivity index (χ4n) is 1.55. The van der Waals surface area contributed by atoms with Crippen molar-refractivity contribution in [3.05, 3.63) is 12.2 Å². The van der Waals surface area contributed by atoms with Gasteiger partial charge in [0.1, 0.15) is 0 Å². The average Bonchev–Trinajstić information content (AvgIpc) is 2.04. The number of aliphatic hydroxyl groups is 1. The lowest BCUT2D eigenvalue weighted by Gasteiger charge is -2.31. The van der Waals surface area contributed by atoms with E-state index in [1.165, 1.54) is 0 Å². The second-order valence-corrected chi connectivity index (χ2v) is 4.85.